The molecule has 0 amide bonds. The molecule has 0 fully saturated rings. The van der Waals surface area contributed by atoms with E-state index in [0.717, 1.165) is 11.1 Å². The van der Waals surface area contributed by atoms with Gasteiger partial charge in [0.2, 0.25) is 0 Å². The van der Waals surface area contributed by atoms with Crippen LogP contribution in [0.15, 0.2) is 47.4 Å². The van der Waals surface area contributed by atoms with Crippen molar-refractivity contribution in [3.05, 3.63) is 53.6 Å². The van der Waals surface area contributed by atoms with Crippen molar-refractivity contribution >= 4 is 16.1 Å². The third-order valence-corrected chi connectivity index (χ3v) is 5.88. The smallest absolute Gasteiger partial charge is 0.312 e. The van der Waals surface area contributed by atoms with E-state index in [1.807, 2.05) is 13.0 Å². The highest BCUT2D eigenvalue weighted by Crippen LogP contribution is 2.35. The minimum atomic E-state index is -4.02. The lowest BCUT2D eigenvalue weighted by Gasteiger charge is -2.25. The number of aryl methyl sites for hydroxylation is 1. The van der Waals surface area contributed by atoms with E-state index in [9.17, 15) is 13.2 Å². The number of fused-ring (bicyclic) bond motifs is 1. The van der Waals surface area contributed by atoms with Crippen LogP contribution >= 0.6 is 0 Å². The molecule has 8 heteroatoms. The molecule has 3 rings (SSSR count). The monoisotopic (exact) mass is 448 g/mol. The van der Waals surface area contributed by atoms with Gasteiger partial charge in [-0.15, -0.1) is 0 Å². The number of esters is 1. The first-order valence-corrected chi connectivity index (χ1v) is 11.5. The number of benzene rings is 2. The second-order valence-corrected chi connectivity index (χ2v) is 10.0. The molecule has 0 saturated carbocycles. The fourth-order valence-electron chi connectivity index (χ4n) is 3.10. The Morgan fingerprint density at radius 2 is 1.74 bits per heavy atom. The first-order valence-electron chi connectivity index (χ1n) is 10.1. The number of rotatable bonds is 7. The maximum atomic E-state index is 12.9. The van der Waals surface area contributed by atoms with E-state index in [1.54, 1.807) is 45.0 Å². The van der Waals surface area contributed by atoms with Crippen LogP contribution in [-0.4, -0.2) is 39.8 Å². The summed E-state index contributed by atoms with van der Waals surface area (Å²) < 4.78 is 47.4. The first kappa shape index (κ1) is 23.1. The molecule has 0 bridgehead atoms. The fourth-order valence-corrected chi connectivity index (χ4v) is 4.05. The molecule has 0 spiro atoms. The highest BCUT2D eigenvalue weighted by Gasteiger charge is 2.30. The SMILES string of the molecule is Cc1ccc(S(=O)(=O)OCC(Cc2cccc3c2OCCO3)C(=O)OC(C)(C)C)cc1. The van der Waals surface area contributed by atoms with Crippen LogP contribution in [-0.2, 0) is 30.3 Å². The third kappa shape index (κ3) is 6.21. The lowest BCUT2D eigenvalue weighted by atomic mass is 9.98. The topological polar surface area (TPSA) is 88.1 Å². The number of hydrogen-bond acceptors (Lipinski definition) is 7. The highest BCUT2D eigenvalue weighted by molar-refractivity contribution is 7.86. The summed E-state index contributed by atoms with van der Waals surface area (Å²) in [7, 11) is -4.02. The summed E-state index contributed by atoms with van der Waals surface area (Å²) in [4.78, 5) is 12.9. The Bertz CT molecular complexity index is 1020. The van der Waals surface area contributed by atoms with Crippen molar-refractivity contribution in [3.8, 4) is 11.5 Å². The van der Waals surface area contributed by atoms with Crippen molar-refractivity contribution in [1.82, 2.24) is 0 Å². The Hall–Kier alpha value is -2.58. The van der Waals surface area contributed by atoms with Crippen LogP contribution in [0, 0.1) is 12.8 Å². The molecule has 0 N–H and O–H groups in total. The normalized spacial score (nSPS) is 14.7. The van der Waals surface area contributed by atoms with Crippen molar-refractivity contribution in [2.24, 2.45) is 5.92 Å². The maximum Gasteiger partial charge on any atom is 0.312 e. The summed E-state index contributed by atoms with van der Waals surface area (Å²) in [6.45, 7) is 7.63. The number of carbonyl (C=O) groups excluding carboxylic acids is 1. The van der Waals surface area contributed by atoms with E-state index in [-0.39, 0.29) is 17.9 Å². The van der Waals surface area contributed by atoms with Gasteiger partial charge < -0.3 is 14.2 Å². The molecule has 0 aliphatic carbocycles. The second kappa shape index (κ2) is 9.28. The average molecular weight is 449 g/mol. The van der Waals surface area contributed by atoms with Gasteiger partial charge in [0, 0.05) is 0 Å². The number of hydrogen-bond donors (Lipinski definition) is 0. The van der Waals surface area contributed by atoms with E-state index in [1.165, 1.54) is 12.1 Å². The summed E-state index contributed by atoms with van der Waals surface area (Å²) >= 11 is 0. The van der Waals surface area contributed by atoms with E-state index >= 15 is 0 Å². The van der Waals surface area contributed by atoms with E-state index in [0.29, 0.717) is 24.7 Å². The summed E-state index contributed by atoms with van der Waals surface area (Å²) in [5, 5.41) is 0. The van der Waals surface area contributed by atoms with Crippen molar-refractivity contribution in [3.63, 3.8) is 0 Å². The molecule has 1 heterocycles. The van der Waals surface area contributed by atoms with E-state index in [4.69, 9.17) is 18.4 Å². The predicted octanol–water partition coefficient (Wildman–Crippen LogP) is 3.67. The van der Waals surface area contributed by atoms with Crippen molar-refractivity contribution < 1.29 is 31.6 Å². The predicted molar refractivity (Wildman–Crippen MR) is 115 cm³/mol. The molecule has 0 saturated heterocycles. The maximum absolute atomic E-state index is 12.9. The number of ether oxygens (including phenoxy) is 3. The zero-order valence-corrected chi connectivity index (χ0v) is 19.0. The molecule has 1 unspecified atom stereocenters. The minimum Gasteiger partial charge on any atom is -0.486 e. The molecular weight excluding hydrogens is 420 g/mol. The van der Waals surface area contributed by atoms with Gasteiger partial charge in [-0.25, -0.2) is 0 Å². The van der Waals surface area contributed by atoms with Crippen molar-refractivity contribution in [1.29, 1.82) is 0 Å². The van der Waals surface area contributed by atoms with Gasteiger partial charge in [0.1, 0.15) is 18.8 Å². The van der Waals surface area contributed by atoms with Gasteiger partial charge >= 0.3 is 5.97 Å². The molecule has 0 radical (unpaired) electrons. The van der Waals surface area contributed by atoms with Gasteiger partial charge in [0.25, 0.3) is 10.1 Å². The Balaban J connectivity index is 1.82. The van der Waals surface area contributed by atoms with Crippen LogP contribution in [0.2, 0.25) is 0 Å². The largest absolute Gasteiger partial charge is 0.486 e. The summed E-state index contributed by atoms with van der Waals surface area (Å²) in [5.74, 6) is -0.235. The van der Waals surface area contributed by atoms with Crippen LogP contribution in [0.4, 0.5) is 0 Å². The standard InChI is InChI=1S/C23H28O7S/c1-16-8-10-19(11-9-16)31(25,26)29-15-18(22(24)30-23(2,3)4)14-17-6-5-7-20-21(17)28-13-12-27-20/h5-11,18H,12-15H2,1-4H3. The molecule has 31 heavy (non-hydrogen) atoms. The van der Waals surface area contributed by atoms with Crippen molar-refractivity contribution in [2.45, 2.75) is 44.6 Å². The zero-order chi connectivity index (χ0) is 22.6. The first-order chi connectivity index (χ1) is 14.5. The molecular formula is C23H28O7S. The van der Waals surface area contributed by atoms with E-state index < -0.39 is 27.6 Å². The highest BCUT2D eigenvalue weighted by atomic mass is 32.2. The van der Waals surface area contributed by atoms with Crippen LogP contribution in [0.25, 0.3) is 0 Å². The van der Waals surface area contributed by atoms with Gasteiger partial charge in [0.05, 0.1) is 17.4 Å². The molecule has 7 nitrogen and oxygen atoms in total. The average Bonchev–Trinajstić information content (AvgIpc) is 2.70. The number of carbonyl (C=O) groups is 1. The molecule has 1 aliphatic rings. The van der Waals surface area contributed by atoms with Gasteiger partial charge in [-0.05, 0) is 57.9 Å². The Morgan fingerprint density at radius 3 is 2.42 bits per heavy atom. The molecule has 1 aliphatic heterocycles. The molecule has 2 aromatic carbocycles. The quantitative estimate of drug-likeness (QED) is 0.472. The van der Waals surface area contributed by atoms with Gasteiger partial charge in [-0.1, -0.05) is 29.8 Å². The lowest BCUT2D eigenvalue weighted by Crippen LogP contribution is -2.33. The van der Waals surface area contributed by atoms with Crippen LogP contribution in [0.3, 0.4) is 0 Å². The van der Waals surface area contributed by atoms with Crippen molar-refractivity contribution in [2.75, 3.05) is 19.8 Å². The van der Waals surface area contributed by atoms with Crippen LogP contribution in [0.1, 0.15) is 31.9 Å². The summed E-state index contributed by atoms with van der Waals surface area (Å²) in [6, 6.07) is 11.7. The molecule has 0 aromatic heterocycles. The fraction of sp³-hybridized carbons (Fsp3) is 0.435. The molecule has 1 atom stereocenters. The Kier molecular flexibility index (Phi) is 6.91. The van der Waals surface area contributed by atoms with Crippen LogP contribution in [0.5, 0.6) is 11.5 Å². The zero-order valence-electron chi connectivity index (χ0n) is 18.2. The molecule has 2 aromatic rings. The lowest BCUT2D eigenvalue weighted by molar-refractivity contribution is -0.160. The summed E-state index contributed by atoms with van der Waals surface area (Å²) in [5.41, 5.74) is 0.937. The van der Waals surface area contributed by atoms with Gasteiger partial charge in [0.15, 0.2) is 11.5 Å². The third-order valence-electron chi connectivity index (χ3n) is 4.59. The second-order valence-electron chi connectivity index (χ2n) is 8.43. The Morgan fingerprint density at radius 1 is 1.06 bits per heavy atom. The Labute approximate surface area is 183 Å². The van der Waals surface area contributed by atoms with E-state index in [2.05, 4.69) is 0 Å². The number of para-hydroxylation sites is 1. The van der Waals surface area contributed by atoms with Gasteiger partial charge in [-0.2, -0.15) is 8.42 Å². The van der Waals surface area contributed by atoms with Gasteiger partial charge in [-0.3, -0.25) is 8.98 Å². The molecule has 168 valence electrons. The summed E-state index contributed by atoms with van der Waals surface area (Å²) in [6.07, 6.45) is 0.185. The van der Waals surface area contributed by atoms with Crippen LogP contribution < -0.4 is 9.47 Å². The minimum absolute atomic E-state index is 0.0369.